The Balaban J connectivity index is 2.16. The molecule has 0 radical (unpaired) electrons. The first kappa shape index (κ1) is 17.8. The van der Waals surface area contributed by atoms with Crippen molar-refractivity contribution in [2.45, 2.75) is 20.5 Å². The summed E-state index contributed by atoms with van der Waals surface area (Å²) in [4.78, 5) is 36.9. The summed E-state index contributed by atoms with van der Waals surface area (Å²) in [5, 5.41) is 2.51. The molecule has 7 heteroatoms. The van der Waals surface area contributed by atoms with E-state index in [2.05, 4.69) is 5.32 Å². The normalized spacial score (nSPS) is 20.3. The second-order valence-corrected chi connectivity index (χ2v) is 5.48. The molecule has 1 aromatic carbocycles. The average Bonchev–Trinajstić information content (AvgIpc) is 2.57. The molecule has 0 bridgehead atoms. The van der Waals surface area contributed by atoms with Gasteiger partial charge in [-0.2, -0.15) is 0 Å². The quantitative estimate of drug-likeness (QED) is 0.607. The van der Waals surface area contributed by atoms with Crippen LogP contribution >= 0.6 is 0 Å². The molecular formula is C17H21N2O5+. The number of nitrogens with one attached hydrogen (secondary N) is 1. The number of benzene rings is 1. The summed E-state index contributed by atoms with van der Waals surface area (Å²) in [6.45, 7) is 3.00. The van der Waals surface area contributed by atoms with E-state index in [1.165, 1.54) is 6.20 Å². The molecule has 0 spiro atoms. The number of esters is 1. The lowest BCUT2D eigenvalue weighted by molar-refractivity contribution is -0.790. The Morgan fingerprint density at radius 2 is 1.92 bits per heavy atom. The predicted octanol–water partition coefficient (Wildman–Crippen LogP) is 1.69. The van der Waals surface area contributed by atoms with E-state index in [-0.39, 0.29) is 19.9 Å². The van der Waals surface area contributed by atoms with Gasteiger partial charge < -0.3 is 9.47 Å². The third-order valence-corrected chi connectivity index (χ3v) is 3.65. The van der Waals surface area contributed by atoms with E-state index in [9.17, 15) is 14.4 Å². The van der Waals surface area contributed by atoms with Crippen LogP contribution in [0, 0.1) is 0 Å². The van der Waals surface area contributed by atoms with Crippen LogP contribution in [-0.2, 0) is 25.7 Å². The Morgan fingerprint density at radius 3 is 2.58 bits per heavy atom. The zero-order chi connectivity index (χ0) is 17.6. The maximum absolute atomic E-state index is 12.6. The Labute approximate surface area is 140 Å². The van der Waals surface area contributed by atoms with Gasteiger partial charge in [0, 0.05) is 6.20 Å². The zero-order valence-electron chi connectivity index (χ0n) is 13.8. The summed E-state index contributed by atoms with van der Waals surface area (Å²) in [6.07, 6.45) is 1.34. The van der Waals surface area contributed by atoms with E-state index >= 15 is 0 Å². The fraction of sp³-hybridized carbons (Fsp3) is 0.353. The lowest BCUT2D eigenvalue weighted by Gasteiger charge is -2.33. The van der Waals surface area contributed by atoms with Gasteiger partial charge in [-0.05, 0) is 19.4 Å². The molecular weight excluding hydrogens is 312 g/mol. The molecule has 0 saturated carbocycles. The second kappa shape index (κ2) is 7.85. The van der Waals surface area contributed by atoms with Crippen molar-refractivity contribution in [3.8, 4) is 0 Å². The topological polar surface area (TPSA) is 81.7 Å². The van der Waals surface area contributed by atoms with Crippen molar-refractivity contribution in [3.05, 3.63) is 47.7 Å². The number of hydrogen-bond acceptors (Lipinski definition) is 5. The molecule has 0 saturated heterocycles. The molecule has 1 heterocycles. The summed E-state index contributed by atoms with van der Waals surface area (Å²) < 4.78 is 9.71. The maximum Gasteiger partial charge on any atom is 0.430 e. The van der Waals surface area contributed by atoms with E-state index in [1.807, 2.05) is 30.3 Å². The van der Waals surface area contributed by atoms with Gasteiger partial charge in [-0.3, -0.25) is 5.32 Å². The maximum atomic E-state index is 12.6. The van der Waals surface area contributed by atoms with Crippen molar-refractivity contribution in [1.82, 2.24) is 5.32 Å². The number of rotatable bonds is 7. The fourth-order valence-electron chi connectivity index (χ4n) is 2.41. The molecule has 0 aromatic heterocycles. The molecule has 2 rings (SSSR count). The summed E-state index contributed by atoms with van der Waals surface area (Å²) in [7, 11) is 0. The van der Waals surface area contributed by atoms with Crippen LogP contribution in [0.5, 0.6) is 0 Å². The minimum absolute atomic E-state index is 0.175. The molecule has 1 atom stereocenters. The van der Waals surface area contributed by atoms with Gasteiger partial charge in [-0.1, -0.05) is 30.3 Å². The molecule has 1 aliphatic rings. The van der Waals surface area contributed by atoms with Gasteiger partial charge >= 0.3 is 17.9 Å². The first-order chi connectivity index (χ1) is 11.5. The van der Waals surface area contributed by atoms with Crippen LogP contribution < -0.4 is 5.32 Å². The van der Waals surface area contributed by atoms with E-state index in [0.29, 0.717) is 5.57 Å². The Morgan fingerprint density at radius 1 is 1.21 bits per heavy atom. The highest BCUT2D eigenvalue weighted by Crippen LogP contribution is 2.19. The largest absolute Gasteiger partial charge is 0.462 e. The minimum atomic E-state index is -0.784. The van der Waals surface area contributed by atoms with Gasteiger partial charge in [-0.15, -0.1) is 4.48 Å². The number of carbonyl (C=O) groups is 3. The second-order valence-electron chi connectivity index (χ2n) is 5.48. The third-order valence-electron chi connectivity index (χ3n) is 3.65. The first-order valence-corrected chi connectivity index (χ1v) is 7.66. The fourth-order valence-corrected chi connectivity index (χ4v) is 2.41. The van der Waals surface area contributed by atoms with Crippen molar-refractivity contribution in [2.24, 2.45) is 0 Å². The molecule has 1 aliphatic heterocycles. The van der Waals surface area contributed by atoms with Gasteiger partial charge in [0.05, 0.1) is 18.8 Å². The van der Waals surface area contributed by atoms with Crippen LogP contribution in [0.25, 0.3) is 0 Å². The van der Waals surface area contributed by atoms with Crippen LogP contribution in [0.1, 0.15) is 19.4 Å². The van der Waals surface area contributed by atoms with Crippen molar-refractivity contribution < 1.29 is 28.3 Å². The van der Waals surface area contributed by atoms with Gasteiger partial charge in [0.2, 0.25) is 0 Å². The molecule has 7 nitrogen and oxygen atoms in total. The number of hydrogen-bond donors (Lipinski definition) is 1. The van der Waals surface area contributed by atoms with Gasteiger partial charge in [0.25, 0.3) is 0 Å². The van der Waals surface area contributed by atoms with Crippen molar-refractivity contribution >= 4 is 17.9 Å². The number of ether oxygens (including phenoxy) is 2. The Bertz CT molecular complexity index is 656. The molecule has 24 heavy (non-hydrogen) atoms. The first-order valence-electron chi connectivity index (χ1n) is 7.66. The standard InChI is InChI=1S/C17H20N2O5/c1-3-24-15(20)10-19(16(21)13(2)9-18-17(19)22)12-23-11-14-7-5-4-6-8-14/h4-9H,3,10-12H2,1-2H3/p+1. The van der Waals surface area contributed by atoms with E-state index < -0.39 is 28.9 Å². The summed E-state index contributed by atoms with van der Waals surface area (Å²) in [5.74, 6) is -1.10. The number of carbonyl (C=O) groups excluding carboxylic acids is 3. The van der Waals surface area contributed by atoms with Crippen LogP contribution in [0.3, 0.4) is 0 Å². The molecule has 0 fully saturated rings. The van der Waals surface area contributed by atoms with Gasteiger partial charge in [0.1, 0.15) is 0 Å². The van der Waals surface area contributed by atoms with Crippen molar-refractivity contribution in [3.63, 3.8) is 0 Å². The summed E-state index contributed by atoms with van der Waals surface area (Å²) >= 11 is 0. The summed E-state index contributed by atoms with van der Waals surface area (Å²) in [6, 6.07) is 8.76. The highest BCUT2D eigenvalue weighted by Gasteiger charge is 2.50. The Hall–Kier alpha value is -2.51. The number of amides is 3. The molecule has 128 valence electrons. The van der Waals surface area contributed by atoms with Crippen LogP contribution in [-0.4, -0.2) is 42.3 Å². The van der Waals surface area contributed by atoms with Crippen LogP contribution in [0.15, 0.2) is 42.1 Å². The van der Waals surface area contributed by atoms with Gasteiger partial charge in [-0.25, -0.2) is 14.4 Å². The van der Waals surface area contributed by atoms with Crippen LogP contribution in [0.2, 0.25) is 0 Å². The van der Waals surface area contributed by atoms with Gasteiger partial charge in [0.15, 0.2) is 13.3 Å². The smallest absolute Gasteiger partial charge is 0.430 e. The molecule has 3 amide bonds. The van der Waals surface area contributed by atoms with Crippen molar-refractivity contribution in [2.75, 3.05) is 19.9 Å². The zero-order valence-corrected chi connectivity index (χ0v) is 13.8. The number of nitrogens with zero attached hydrogens (tertiary/aromatic N) is 1. The molecule has 0 aliphatic carbocycles. The molecule has 1 aromatic rings. The van der Waals surface area contributed by atoms with Crippen molar-refractivity contribution in [1.29, 1.82) is 0 Å². The third kappa shape index (κ3) is 3.87. The lowest BCUT2D eigenvalue weighted by Crippen LogP contribution is -2.65. The highest BCUT2D eigenvalue weighted by atomic mass is 16.5. The summed E-state index contributed by atoms with van der Waals surface area (Å²) in [5.41, 5.74) is 1.26. The highest BCUT2D eigenvalue weighted by molar-refractivity contribution is 5.98. The minimum Gasteiger partial charge on any atom is -0.462 e. The predicted molar refractivity (Wildman–Crippen MR) is 85.2 cm³/mol. The SMILES string of the molecule is CCOC(=O)C[N+]1(COCc2ccccc2)C(=O)NC=C(C)C1=O. The Kier molecular flexibility index (Phi) is 5.83. The molecule has 1 unspecified atom stereocenters. The van der Waals surface area contributed by atoms with E-state index in [1.54, 1.807) is 13.8 Å². The van der Waals surface area contributed by atoms with E-state index in [0.717, 1.165) is 5.56 Å². The number of imide groups is 1. The number of urea groups is 1. The number of quaternary nitrogens is 1. The lowest BCUT2D eigenvalue weighted by atomic mass is 10.2. The van der Waals surface area contributed by atoms with E-state index in [4.69, 9.17) is 9.47 Å². The monoisotopic (exact) mass is 333 g/mol. The van der Waals surface area contributed by atoms with Crippen LogP contribution in [0.4, 0.5) is 4.79 Å². The average molecular weight is 333 g/mol. The molecule has 1 N–H and O–H groups in total.